The lowest BCUT2D eigenvalue weighted by molar-refractivity contribution is 0.0950. The Kier molecular flexibility index (Phi) is 3.74. The van der Waals surface area contributed by atoms with Crippen LogP contribution in [0.3, 0.4) is 0 Å². The van der Waals surface area contributed by atoms with E-state index >= 15 is 0 Å². The predicted molar refractivity (Wildman–Crippen MR) is 77.2 cm³/mol. The third kappa shape index (κ3) is 2.79. The highest BCUT2D eigenvalue weighted by molar-refractivity contribution is 5.94. The van der Waals surface area contributed by atoms with Crippen molar-refractivity contribution in [2.75, 3.05) is 5.73 Å². The Bertz CT molecular complexity index is 640. The monoisotopic (exact) mass is 273 g/mol. The topological polar surface area (TPSA) is 85.8 Å². The van der Waals surface area contributed by atoms with Gasteiger partial charge in [-0.15, -0.1) is 0 Å². The predicted octanol–water partition coefficient (Wildman–Crippen LogP) is 1.25. The van der Waals surface area contributed by atoms with Crippen molar-refractivity contribution >= 4 is 11.7 Å². The summed E-state index contributed by atoms with van der Waals surface area (Å²) in [6, 6.07) is 3.29. The number of nitrogens with two attached hydrogens (primary N) is 1. The smallest absolute Gasteiger partial charge is 0.251 e. The summed E-state index contributed by atoms with van der Waals surface area (Å²) in [5.41, 5.74) is 9.92. The molecular weight excluding hydrogens is 254 g/mol. The van der Waals surface area contributed by atoms with Crippen molar-refractivity contribution in [3.8, 4) is 0 Å². The van der Waals surface area contributed by atoms with E-state index in [1.807, 2.05) is 32.5 Å². The SMILES string of the molecule is Cc1cc(C(=O)NCc2c(C)nn(C)c2C)cc(N)n1. The standard InChI is InChI=1S/C14H19N5O/c1-8-5-11(6-13(15)17-8)14(20)16-7-12-9(2)18-19(4)10(12)3/h5-6H,7H2,1-4H3,(H2,15,17)(H,16,20). The number of hydrogen-bond acceptors (Lipinski definition) is 4. The molecule has 2 aromatic rings. The van der Waals surface area contributed by atoms with Crippen LogP contribution in [0, 0.1) is 20.8 Å². The Balaban J connectivity index is 2.12. The maximum absolute atomic E-state index is 12.1. The van der Waals surface area contributed by atoms with E-state index in [0.717, 1.165) is 22.6 Å². The van der Waals surface area contributed by atoms with E-state index in [0.29, 0.717) is 17.9 Å². The van der Waals surface area contributed by atoms with Gasteiger partial charge in [-0.1, -0.05) is 0 Å². The fraction of sp³-hybridized carbons (Fsp3) is 0.357. The van der Waals surface area contributed by atoms with Crippen LogP contribution < -0.4 is 11.1 Å². The second-order valence-corrected chi connectivity index (χ2v) is 4.88. The highest BCUT2D eigenvalue weighted by Gasteiger charge is 2.12. The van der Waals surface area contributed by atoms with E-state index in [-0.39, 0.29) is 5.91 Å². The first kappa shape index (κ1) is 14.0. The van der Waals surface area contributed by atoms with E-state index < -0.39 is 0 Å². The van der Waals surface area contributed by atoms with Crippen LogP contribution in [-0.4, -0.2) is 20.7 Å². The molecule has 0 aliphatic rings. The van der Waals surface area contributed by atoms with Gasteiger partial charge in [0, 0.05) is 36.1 Å². The van der Waals surface area contributed by atoms with E-state index in [2.05, 4.69) is 15.4 Å². The number of hydrogen-bond donors (Lipinski definition) is 2. The molecule has 1 amide bonds. The van der Waals surface area contributed by atoms with Crippen molar-refractivity contribution in [1.29, 1.82) is 0 Å². The Morgan fingerprint density at radius 3 is 2.60 bits per heavy atom. The molecule has 0 spiro atoms. The van der Waals surface area contributed by atoms with Crippen molar-refractivity contribution < 1.29 is 4.79 Å². The molecule has 3 N–H and O–H groups in total. The number of anilines is 1. The lowest BCUT2D eigenvalue weighted by Gasteiger charge is -2.07. The lowest BCUT2D eigenvalue weighted by atomic mass is 10.1. The first-order chi connectivity index (χ1) is 9.38. The number of amides is 1. The number of carbonyl (C=O) groups excluding carboxylic acids is 1. The summed E-state index contributed by atoms with van der Waals surface area (Å²) in [6.07, 6.45) is 0. The summed E-state index contributed by atoms with van der Waals surface area (Å²) in [5.74, 6) is 0.189. The molecular formula is C14H19N5O. The van der Waals surface area contributed by atoms with Crippen molar-refractivity contribution in [2.24, 2.45) is 7.05 Å². The van der Waals surface area contributed by atoms with Crippen LogP contribution in [0.1, 0.15) is 33.0 Å². The average molecular weight is 273 g/mol. The van der Waals surface area contributed by atoms with Crippen molar-refractivity contribution in [3.63, 3.8) is 0 Å². The van der Waals surface area contributed by atoms with E-state index in [9.17, 15) is 4.79 Å². The third-order valence-corrected chi connectivity index (χ3v) is 3.32. The molecule has 0 saturated carbocycles. The number of aromatic nitrogens is 3. The van der Waals surface area contributed by atoms with Gasteiger partial charge in [-0.2, -0.15) is 5.10 Å². The Morgan fingerprint density at radius 2 is 2.05 bits per heavy atom. The number of carbonyl (C=O) groups is 1. The molecule has 0 aliphatic heterocycles. The molecule has 0 atom stereocenters. The summed E-state index contributed by atoms with van der Waals surface area (Å²) < 4.78 is 1.81. The average Bonchev–Trinajstić information content (AvgIpc) is 2.60. The van der Waals surface area contributed by atoms with Gasteiger partial charge in [0.25, 0.3) is 5.91 Å². The molecule has 0 aromatic carbocycles. The molecule has 0 saturated heterocycles. The van der Waals surface area contributed by atoms with Crippen molar-refractivity contribution in [3.05, 3.63) is 40.3 Å². The fourth-order valence-corrected chi connectivity index (χ4v) is 2.17. The summed E-state index contributed by atoms with van der Waals surface area (Å²) in [6.45, 7) is 6.17. The zero-order valence-corrected chi connectivity index (χ0v) is 12.2. The maximum Gasteiger partial charge on any atom is 0.251 e. The van der Waals surface area contributed by atoms with Crippen LogP contribution in [0.25, 0.3) is 0 Å². The number of nitrogen functional groups attached to an aromatic ring is 1. The number of nitrogens with zero attached hydrogens (tertiary/aromatic N) is 3. The number of aryl methyl sites for hydroxylation is 3. The number of pyridine rings is 1. The van der Waals surface area contributed by atoms with E-state index in [4.69, 9.17) is 5.73 Å². The summed E-state index contributed by atoms with van der Waals surface area (Å²) >= 11 is 0. The summed E-state index contributed by atoms with van der Waals surface area (Å²) in [5, 5.41) is 7.21. The molecule has 2 heterocycles. The van der Waals surface area contributed by atoms with Gasteiger partial charge in [-0.05, 0) is 32.9 Å². The second-order valence-electron chi connectivity index (χ2n) is 4.88. The molecule has 0 unspecified atom stereocenters. The molecule has 6 heteroatoms. The molecule has 0 fully saturated rings. The molecule has 0 radical (unpaired) electrons. The number of rotatable bonds is 3. The first-order valence-corrected chi connectivity index (χ1v) is 6.40. The molecule has 0 aliphatic carbocycles. The van der Waals surface area contributed by atoms with Gasteiger partial charge in [0.1, 0.15) is 5.82 Å². The molecule has 2 aromatic heterocycles. The minimum atomic E-state index is -0.162. The maximum atomic E-state index is 12.1. The lowest BCUT2D eigenvalue weighted by Crippen LogP contribution is -2.23. The van der Waals surface area contributed by atoms with Crippen LogP contribution in [0.15, 0.2) is 12.1 Å². The molecule has 20 heavy (non-hydrogen) atoms. The van der Waals surface area contributed by atoms with Crippen LogP contribution in [0.5, 0.6) is 0 Å². The molecule has 6 nitrogen and oxygen atoms in total. The van der Waals surface area contributed by atoms with E-state index in [1.54, 1.807) is 12.1 Å². The molecule has 2 rings (SSSR count). The van der Waals surface area contributed by atoms with Crippen molar-refractivity contribution in [2.45, 2.75) is 27.3 Å². The highest BCUT2D eigenvalue weighted by Crippen LogP contribution is 2.12. The Hall–Kier alpha value is -2.37. The van der Waals surface area contributed by atoms with Gasteiger partial charge in [0.15, 0.2) is 0 Å². The minimum absolute atomic E-state index is 0.162. The van der Waals surface area contributed by atoms with Gasteiger partial charge in [-0.25, -0.2) is 4.98 Å². The Morgan fingerprint density at radius 1 is 1.35 bits per heavy atom. The minimum Gasteiger partial charge on any atom is -0.384 e. The largest absolute Gasteiger partial charge is 0.384 e. The van der Waals surface area contributed by atoms with E-state index in [1.165, 1.54) is 0 Å². The fourth-order valence-electron chi connectivity index (χ4n) is 2.17. The van der Waals surface area contributed by atoms with Gasteiger partial charge in [0.2, 0.25) is 0 Å². The van der Waals surface area contributed by atoms with Crippen LogP contribution in [-0.2, 0) is 13.6 Å². The van der Waals surface area contributed by atoms with Crippen LogP contribution in [0.4, 0.5) is 5.82 Å². The number of nitrogens with one attached hydrogen (secondary N) is 1. The third-order valence-electron chi connectivity index (χ3n) is 3.32. The van der Waals surface area contributed by atoms with Crippen LogP contribution in [0.2, 0.25) is 0 Å². The van der Waals surface area contributed by atoms with Crippen molar-refractivity contribution in [1.82, 2.24) is 20.1 Å². The molecule has 0 bridgehead atoms. The highest BCUT2D eigenvalue weighted by atomic mass is 16.1. The molecule has 106 valence electrons. The Labute approximate surface area is 118 Å². The summed E-state index contributed by atoms with van der Waals surface area (Å²) in [4.78, 5) is 16.2. The van der Waals surface area contributed by atoms with Gasteiger partial charge >= 0.3 is 0 Å². The summed E-state index contributed by atoms with van der Waals surface area (Å²) in [7, 11) is 1.89. The van der Waals surface area contributed by atoms with Gasteiger partial charge < -0.3 is 11.1 Å². The second kappa shape index (κ2) is 5.32. The quantitative estimate of drug-likeness (QED) is 0.881. The van der Waals surface area contributed by atoms with Gasteiger partial charge in [0.05, 0.1) is 5.69 Å². The zero-order valence-electron chi connectivity index (χ0n) is 12.2. The first-order valence-electron chi connectivity index (χ1n) is 6.40. The van der Waals surface area contributed by atoms with Crippen LogP contribution >= 0.6 is 0 Å². The van der Waals surface area contributed by atoms with Gasteiger partial charge in [-0.3, -0.25) is 9.48 Å². The zero-order chi connectivity index (χ0) is 14.9. The normalized spacial score (nSPS) is 10.6.